The van der Waals surface area contributed by atoms with Gasteiger partial charge in [-0.2, -0.15) is 0 Å². The molecule has 80 valence electrons. The summed E-state index contributed by atoms with van der Waals surface area (Å²) in [5, 5.41) is 9.36. The third-order valence-electron chi connectivity index (χ3n) is 3.40. The van der Waals surface area contributed by atoms with Crippen LogP contribution in [-0.2, 0) is 10.2 Å². The Labute approximate surface area is 89.2 Å². The van der Waals surface area contributed by atoms with E-state index in [1.165, 1.54) is 0 Å². The molecule has 15 heavy (non-hydrogen) atoms. The van der Waals surface area contributed by atoms with E-state index in [9.17, 15) is 9.90 Å². The predicted molar refractivity (Wildman–Crippen MR) is 56.5 cm³/mol. The molecule has 0 amide bonds. The Hall–Kier alpha value is -1.38. The van der Waals surface area contributed by atoms with Crippen LogP contribution in [0.5, 0.6) is 0 Å². The van der Waals surface area contributed by atoms with Gasteiger partial charge in [0.25, 0.3) is 0 Å². The van der Waals surface area contributed by atoms with Crippen LogP contribution in [0.4, 0.5) is 0 Å². The number of pyridine rings is 1. The molecule has 0 aromatic carbocycles. The third-order valence-corrected chi connectivity index (χ3v) is 3.40. The minimum absolute atomic E-state index is 0.261. The molecule has 2 unspecified atom stereocenters. The molecule has 1 aliphatic carbocycles. The molecule has 0 radical (unpaired) electrons. The van der Waals surface area contributed by atoms with Crippen molar-refractivity contribution in [1.82, 2.24) is 4.98 Å². The standard InChI is InChI=1S/C12H15NO2/c1-8(2)10-7-12(10,11(14)15)9-3-5-13-6-4-9/h3-6,8,10H,7H2,1-2H3,(H,14,15). The minimum atomic E-state index is -0.701. The smallest absolute Gasteiger partial charge is 0.314 e. The molecular weight excluding hydrogens is 190 g/mol. The van der Waals surface area contributed by atoms with Gasteiger partial charge in [0.2, 0.25) is 0 Å². The molecule has 3 heteroatoms. The number of hydrogen-bond acceptors (Lipinski definition) is 2. The van der Waals surface area contributed by atoms with Gasteiger partial charge in [-0.1, -0.05) is 13.8 Å². The summed E-state index contributed by atoms with van der Waals surface area (Å²) in [5.41, 5.74) is 0.251. The second-order valence-electron chi connectivity index (χ2n) is 4.57. The highest BCUT2D eigenvalue weighted by Gasteiger charge is 2.62. The van der Waals surface area contributed by atoms with Gasteiger partial charge in [0.15, 0.2) is 0 Å². The zero-order valence-electron chi connectivity index (χ0n) is 8.97. The maximum atomic E-state index is 11.4. The van der Waals surface area contributed by atoms with Gasteiger partial charge in [-0.05, 0) is 36.0 Å². The molecule has 1 aromatic rings. The van der Waals surface area contributed by atoms with Crippen LogP contribution in [0.2, 0.25) is 0 Å². The summed E-state index contributed by atoms with van der Waals surface area (Å²) in [5.74, 6) is -0.0286. The Balaban J connectivity index is 2.36. The predicted octanol–water partition coefficient (Wildman–Crippen LogP) is 2.08. The summed E-state index contributed by atoms with van der Waals surface area (Å²) in [6.45, 7) is 4.16. The maximum absolute atomic E-state index is 11.4. The number of carbonyl (C=O) groups is 1. The molecule has 2 rings (SSSR count). The molecule has 1 saturated carbocycles. The highest BCUT2D eigenvalue weighted by Crippen LogP contribution is 2.57. The summed E-state index contributed by atoms with van der Waals surface area (Å²) < 4.78 is 0. The number of hydrogen-bond donors (Lipinski definition) is 1. The van der Waals surface area contributed by atoms with Crippen LogP contribution in [0.3, 0.4) is 0 Å². The zero-order chi connectivity index (χ0) is 11.1. The van der Waals surface area contributed by atoms with Crippen LogP contribution in [0.15, 0.2) is 24.5 Å². The molecule has 1 heterocycles. The Morgan fingerprint density at radius 2 is 2.13 bits per heavy atom. The largest absolute Gasteiger partial charge is 0.481 e. The number of carboxylic acid groups (broad SMARTS) is 1. The van der Waals surface area contributed by atoms with Crippen molar-refractivity contribution in [1.29, 1.82) is 0 Å². The van der Waals surface area contributed by atoms with Gasteiger partial charge in [-0.15, -0.1) is 0 Å². The summed E-state index contributed by atoms with van der Waals surface area (Å²) in [6.07, 6.45) is 4.08. The molecule has 1 fully saturated rings. The van der Waals surface area contributed by atoms with Crippen LogP contribution < -0.4 is 0 Å². The average molecular weight is 205 g/mol. The van der Waals surface area contributed by atoms with Crippen molar-refractivity contribution in [3.63, 3.8) is 0 Å². The fraction of sp³-hybridized carbons (Fsp3) is 0.500. The van der Waals surface area contributed by atoms with Crippen LogP contribution >= 0.6 is 0 Å². The van der Waals surface area contributed by atoms with Crippen molar-refractivity contribution >= 4 is 5.97 Å². The van der Waals surface area contributed by atoms with Crippen LogP contribution in [0.25, 0.3) is 0 Å². The fourth-order valence-corrected chi connectivity index (χ4v) is 2.44. The van der Waals surface area contributed by atoms with E-state index >= 15 is 0 Å². The van der Waals surface area contributed by atoms with E-state index in [0.29, 0.717) is 5.92 Å². The molecule has 2 atom stereocenters. The van der Waals surface area contributed by atoms with E-state index in [0.717, 1.165) is 12.0 Å². The van der Waals surface area contributed by atoms with Gasteiger partial charge in [0, 0.05) is 12.4 Å². The van der Waals surface area contributed by atoms with E-state index in [2.05, 4.69) is 18.8 Å². The highest BCUT2D eigenvalue weighted by atomic mass is 16.4. The van der Waals surface area contributed by atoms with Crippen molar-refractivity contribution in [3.05, 3.63) is 30.1 Å². The maximum Gasteiger partial charge on any atom is 0.314 e. The van der Waals surface area contributed by atoms with Crippen LogP contribution in [0, 0.1) is 11.8 Å². The number of aliphatic carboxylic acids is 1. The normalized spacial score (nSPS) is 29.1. The molecular formula is C12H15NO2. The number of carboxylic acids is 1. The van der Waals surface area contributed by atoms with Gasteiger partial charge in [0.1, 0.15) is 0 Å². The van der Waals surface area contributed by atoms with Crippen molar-refractivity contribution in [2.75, 3.05) is 0 Å². The molecule has 0 spiro atoms. The van der Waals surface area contributed by atoms with Crippen molar-refractivity contribution in [2.24, 2.45) is 11.8 Å². The van der Waals surface area contributed by atoms with Gasteiger partial charge >= 0.3 is 5.97 Å². The second-order valence-corrected chi connectivity index (χ2v) is 4.57. The van der Waals surface area contributed by atoms with Gasteiger partial charge < -0.3 is 5.11 Å². The van der Waals surface area contributed by atoms with E-state index < -0.39 is 11.4 Å². The van der Waals surface area contributed by atoms with Gasteiger partial charge in [-0.3, -0.25) is 9.78 Å². The number of rotatable bonds is 3. The lowest BCUT2D eigenvalue weighted by atomic mass is 9.90. The Bertz CT molecular complexity index is 374. The Kier molecular flexibility index (Phi) is 2.25. The first-order valence-electron chi connectivity index (χ1n) is 5.23. The first-order valence-corrected chi connectivity index (χ1v) is 5.23. The quantitative estimate of drug-likeness (QED) is 0.821. The molecule has 0 bridgehead atoms. The zero-order valence-corrected chi connectivity index (χ0v) is 8.97. The highest BCUT2D eigenvalue weighted by molar-refractivity contribution is 5.85. The van der Waals surface area contributed by atoms with E-state index in [-0.39, 0.29) is 5.92 Å². The summed E-state index contributed by atoms with van der Waals surface area (Å²) in [6, 6.07) is 3.63. The number of aromatic nitrogens is 1. The summed E-state index contributed by atoms with van der Waals surface area (Å²) >= 11 is 0. The minimum Gasteiger partial charge on any atom is -0.481 e. The molecule has 1 aromatic heterocycles. The molecule has 1 aliphatic rings. The lowest BCUT2D eigenvalue weighted by Crippen LogP contribution is -2.24. The van der Waals surface area contributed by atoms with Crippen molar-refractivity contribution in [2.45, 2.75) is 25.7 Å². The first-order chi connectivity index (χ1) is 7.09. The lowest BCUT2D eigenvalue weighted by molar-refractivity contribution is -0.140. The summed E-state index contributed by atoms with van der Waals surface area (Å²) in [4.78, 5) is 15.3. The molecule has 3 nitrogen and oxygen atoms in total. The van der Waals surface area contributed by atoms with Gasteiger partial charge in [0.05, 0.1) is 5.41 Å². The van der Waals surface area contributed by atoms with E-state index in [1.807, 2.05) is 12.1 Å². The molecule has 0 saturated heterocycles. The molecule has 1 N–H and O–H groups in total. The number of nitrogens with zero attached hydrogens (tertiary/aromatic N) is 1. The monoisotopic (exact) mass is 205 g/mol. The average Bonchev–Trinajstić information content (AvgIpc) is 2.95. The topological polar surface area (TPSA) is 50.2 Å². The SMILES string of the molecule is CC(C)C1CC1(C(=O)O)c1ccncc1. The van der Waals surface area contributed by atoms with E-state index in [1.54, 1.807) is 12.4 Å². The third kappa shape index (κ3) is 1.42. The fourth-order valence-electron chi connectivity index (χ4n) is 2.44. The van der Waals surface area contributed by atoms with Crippen molar-refractivity contribution < 1.29 is 9.90 Å². The van der Waals surface area contributed by atoms with E-state index in [4.69, 9.17) is 0 Å². The van der Waals surface area contributed by atoms with Gasteiger partial charge in [-0.25, -0.2) is 0 Å². The van der Waals surface area contributed by atoms with Crippen LogP contribution in [0.1, 0.15) is 25.8 Å². The van der Waals surface area contributed by atoms with Crippen molar-refractivity contribution in [3.8, 4) is 0 Å². The lowest BCUT2D eigenvalue weighted by Gasteiger charge is -2.14. The molecule has 0 aliphatic heterocycles. The second kappa shape index (κ2) is 3.33. The van der Waals surface area contributed by atoms with Crippen LogP contribution in [-0.4, -0.2) is 16.1 Å². The Morgan fingerprint density at radius 3 is 2.53 bits per heavy atom. The Morgan fingerprint density at radius 1 is 1.53 bits per heavy atom. The first kappa shape index (κ1) is 10.1. The summed E-state index contributed by atoms with van der Waals surface area (Å²) in [7, 11) is 0.